The van der Waals surface area contributed by atoms with Gasteiger partial charge in [0.1, 0.15) is 11.9 Å². The van der Waals surface area contributed by atoms with Gasteiger partial charge >= 0.3 is 0 Å². The van der Waals surface area contributed by atoms with Gasteiger partial charge < -0.3 is 5.32 Å². The van der Waals surface area contributed by atoms with E-state index < -0.39 is 21.9 Å². The molecule has 1 aliphatic rings. The van der Waals surface area contributed by atoms with Crippen molar-refractivity contribution in [1.82, 2.24) is 9.29 Å². The van der Waals surface area contributed by atoms with E-state index in [1.165, 1.54) is 27.8 Å². The number of aromatic nitrogens is 1. The highest BCUT2D eigenvalue weighted by Crippen LogP contribution is 2.31. The first-order chi connectivity index (χ1) is 13.9. The highest BCUT2D eigenvalue weighted by Gasteiger charge is 2.39. The maximum atomic E-state index is 13.2. The predicted octanol–water partition coefficient (Wildman–Crippen LogP) is 3.95. The van der Waals surface area contributed by atoms with E-state index in [4.69, 9.17) is 0 Å². The van der Waals surface area contributed by atoms with Gasteiger partial charge in [-0.2, -0.15) is 4.31 Å². The fourth-order valence-corrected chi connectivity index (χ4v) is 6.51. The number of nitrogens with zero attached hydrogens (tertiary/aromatic N) is 2. The van der Waals surface area contributed by atoms with Crippen LogP contribution in [0.5, 0.6) is 0 Å². The van der Waals surface area contributed by atoms with Crippen molar-refractivity contribution in [3.05, 3.63) is 48.3 Å². The lowest BCUT2D eigenvalue weighted by Crippen LogP contribution is -2.43. The molecular weight excluding hydrogens is 433 g/mol. The number of amides is 1. The van der Waals surface area contributed by atoms with Gasteiger partial charge in [-0.15, -0.1) is 11.3 Å². The molecule has 0 spiro atoms. The van der Waals surface area contributed by atoms with Crippen molar-refractivity contribution < 1.29 is 17.6 Å². The number of fused-ring (bicyclic) bond motifs is 1. The maximum absolute atomic E-state index is 13.2. The molecule has 0 unspecified atom stereocenters. The Hall–Kier alpha value is -2.01. The van der Waals surface area contributed by atoms with Crippen LogP contribution in [-0.4, -0.2) is 42.5 Å². The zero-order valence-electron chi connectivity index (χ0n) is 15.5. The monoisotopic (exact) mass is 451 g/mol. The second-order valence-electron chi connectivity index (χ2n) is 6.58. The molecule has 0 saturated carbocycles. The van der Waals surface area contributed by atoms with Crippen molar-refractivity contribution in [2.24, 2.45) is 0 Å². The highest BCUT2D eigenvalue weighted by atomic mass is 32.2. The Bertz CT molecular complexity index is 1160. The summed E-state index contributed by atoms with van der Waals surface area (Å²) in [7, 11) is -3.88. The van der Waals surface area contributed by atoms with Gasteiger partial charge in [0.15, 0.2) is 4.34 Å². The number of thiazole rings is 1. The number of hydrogen-bond donors (Lipinski definition) is 1. The third-order valence-corrected chi connectivity index (χ3v) is 8.66. The number of halogens is 1. The molecule has 29 heavy (non-hydrogen) atoms. The Morgan fingerprint density at radius 3 is 2.76 bits per heavy atom. The number of carbonyl (C=O) groups excluding carboxylic acids is 1. The molecule has 6 nitrogen and oxygen atoms in total. The van der Waals surface area contributed by atoms with E-state index in [1.807, 2.05) is 18.4 Å². The summed E-state index contributed by atoms with van der Waals surface area (Å²) in [4.78, 5) is 17.3. The van der Waals surface area contributed by atoms with Crippen molar-refractivity contribution in [2.45, 2.75) is 28.1 Å². The average Bonchev–Trinajstić information content (AvgIpc) is 3.35. The van der Waals surface area contributed by atoms with Gasteiger partial charge in [0.2, 0.25) is 15.9 Å². The fourth-order valence-electron chi connectivity index (χ4n) is 3.33. The smallest absolute Gasteiger partial charge is 0.243 e. The molecule has 1 aromatic heterocycles. The maximum Gasteiger partial charge on any atom is 0.243 e. The summed E-state index contributed by atoms with van der Waals surface area (Å²) < 4.78 is 42.1. The number of rotatable bonds is 5. The number of anilines is 1. The van der Waals surface area contributed by atoms with Crippen LogP contribution >= 0.6 is 23.1 Å². The Labute approximate surface area is 176 Å². The summed E-state index contributed by atoms with van der Waals surface area (Å²) in [6.07, 6.45) is 2.98. The Morgan fingerprint density at radius 2 is 2.03 bits per heavy atom. The zero-order valence-corrected chi connectivity index (χ0v) is 17.9. The largest absolute Gasteiger partial charge is 0.325 e. The Balaban J connectivity index is 1.55. The quantitative estimate of drug-likeness (QED) is 0.594. The van der Waals surface area contributed by atoms with Gasteiger partial charge in [0.25, 0.3) is 0 Å². The molecule has 1 fully saturated rings. The van der Waals surface area contributed by atoms with Gasteiger partial charge in [-0.3, -0.25) is 4.79 Å². The van der Waals surface area contributed by atoms with Crippen LogP contribution in [0.15, 0.2) is 51.7 Å². The molecule has 0 bridgehead atoms. The lowest BCUT2D eigenvalue weighted by molar-refractivity contribution is -0.119. The summed E-state index contributed by atoms with van der Waals surface area (Å²) >= 11 is 3.10. The summed E-state index contributed by atoms with van der Waals surface area (Å²) in [5.41, 5.74) is 1.46. The number of nitrogens with one attached hydrogen (secondary N) is 1. The summed E-state index contributed by atoms with van der Waals surface area (Å²) in [6.45, 7) is 0.253. The Kier molecular flexibility index (Phi) is 5.60. The lowest BCUT2D eigenvalue weighted by atomic mass is 10.2. The molecule has 1 atom stereocenters. The molecular formula is C19H18FN3O3S3. The molecule has 1 N–H and O–H groups in total. The molecule has 3 aromatic rings. The highest BCUT2D eigenvalue weighted by molar-refractivity contribution is 8.00. The lowest BCUT2D eigenvalue weighted by Gasteiger charge is -2.23. The van der Waals surface area contributed by atoms with Gasteiger partial charge in [-0.25, -0.2) is 17.8 Å². The molecule has 0 radical (unpaired) electrons. The molecule has 1 aliphatic heterocycles. The summed E-state index contributed by atoms with van der Waals surface area (Å²) in [5, 5.41) is 2.83. The molecule has 2 aromatic carbocycles. The van der Waals surface area contributed by atoms with Gasteiger partial charge in [0.05, 0.1) is 15.1 Å². The van der Waals surface area contributed by atoms with E-state index in [1.54, 1.807) is 17.8 Å². The van der Waals surface area contributed by atoms with Crippen LogP contribution in [0.3, 0.4) is 0 Å². The molecule has 10 heteroatoms. The zero-order chi connectivity index (χ0) is 20.6. The minimum atomic E-state index is -3.88. The number of sulfonamides is 1. The number of carbonyl (C=O) groups is 1. The van der Waals surface area contributed by atoms with Crippen LogP contribution in [0.25, 0.3) is 10.2 Å². The van der Waals surface area contributed by atoms with Gasteiger partial charge in [-0.05, 0) is 61.6 Å². The SMILES string of the molecule is CSc1nc2ccc(NC(=O)[C@@H]3CCCN3S(=O)(=O)c3ccc(F)cc3)cc2s1. The van der Waals surface area contributed by atoms with Crippen LogP contribution in [0, 0.1) is 5.82 Å². The standard InChI is InChI=1S/C19H18FN3O3S3/c1-27-19-22-15-9-6-13(11-17(15)28-19)21-18(24)16-3-2-10-23(16)29(25,26)14-7-4-12(20)5-8-14/h4-9,11,16H,2-3,10H2,1H3,(H,21,24)/t16-/m0/s1. The van der Waals surface area contributed by atoms with E-state index in [0.717, 1.165) is 26.7 Å². The first-order valence-corrected chi connectivity index (χ1v) is 12.4. The fraction of sp³-hybridized carbons (Fsp3) is 0.263. The van der Waals surface area contributed by atoms with Crippen molar-refractivity contribution >= 4 is 54.9 Å². The van der Waals surface area contributed by atoms with Crippen LogP contribution in [0.4, 0.5) is 10.1 Å². The molecule has 2 heterocycles. The van der Waals surface area contributed by atoms with Crippen LogP contribution in [0.2, 0.25) is 0 Å². The van der Waals surface area contributed by atoms with Crippen LogP contribution in [-0.2, 0) is 14.8 Å². The number of benzene rings is 2. The molecule has 152 valence electrons. The first-order valence-electron chi connectivity index (χ1n) is 8.91. The predicted molar refractivity (Wildman–Crippen MR) is 113 cm³/mol. The van der Waals surface area contributed by atoms with E-state index in [9.17, 15) is 17.6 Å². The number of hydrogen-bond acceptors (Lipinski definition) is 6. The first kappa shape index (κ1) is 20.3. The third-order valence-electron chi connectivity index (χ3n) is 4.74. The van der Waals surface area contributed by atoms with Crippen LogP contribution < -0.4 is 5.32 Å². The van der Waals surface area contributed by atoms with Crippen molar-refractivity contribution in [3.63, 3.8) is 0 Å². The molecule has 4 rings (SSSR count). The van der Waals surface area contributed by atoms with Gasteiger partial charge in [0, 0.05) is 12.2 Å². The minimum Gasteiger partial charge on any atom is -0.325 e. The molecule has 1 saturated heterocycles. The van der Waals surface area contributed by atoms with Gasteiger partial charge in [-0.1, -0.05) is 11.8 Å². The summed E-state index contributed by atoms with van der Waals surface area (Å²) in [6, 6.07) is 9.29. The average molecular weight is 452 g/mol. The van der Waals surface area contributed by atoms with Crippen molar-refractivity contribution in [1.29, 1.82) is 0 Å². The minimum absolute atomic E-state index is 0.0192. The van der Waals surface area contributed by atoms with E-state index in [-0.39, 0.29) is 17.3 Å². The number of thioether (sulfide) groups is 1. The molecule has 0 aliphatic carbocycles. The van der Waals surface area contributed by atoms with Crippen molar-refractivity contribution in [3.8, 4) is 0 Å². The second kappa shape index (κ2) is 8.02. The normalized spacial score (nSPS) is 17.7. The third kappa shape index (κ3) is 4.02. The topological polar surface area (TPSA) is 79.4 Å². The Morgan fingerprint density at radius 1 is 1.28 bits per heavy atom. The molecule has 1 amide bonds. The van der Waals surface area contributed by atoms with E-state index in [2.05, 4.69) is 10.3 Å². The van der Waals surface area contributed by atoms with E-state index >= 15 is 0 Å². The van der Waals surface area contributed by atoms with Crippen molar-refractivity contribution in [2.75, 3.05) is 18.1 Å². The van der Waals surface area contributed by atoms with Crippen LogP contribution in [0.1, 0.15) is 12.8 Å². The summed E-state index contributed by atoms with van der Waals surface area (Å²) in [5.74, 6) is -0.884. The second-order valence-corrected chi connectivity index (χ2v) is 10.6. The van der Waals surface area contributed by atoms with E-state index in [0.29, 0.717) is 18.5 Å².